The number of carbonyl (C=O) groups excluding carboxylic acids is 1. The molecule has 0 amide bonds. The lowest BCUT2D eigenvalue weighted by molar-refractivity contribution is -0.150. The molecule has 0 spiro atoms. The molecule has 3 atom stereocenters. The lowest BCUT2D eigenvalue weighted by Crippen LogP contribution is -2.41. The van der Waals surface area contributed by atoms with Crippen molar-refractivity contribution >= 4 is 5.97 Å². The molecule has 1 aliphatic heterocycles. The molecule has 0 aromatic carbocycles. The summed E-state index contributed by atoms with van der Waals surface area (Å²) in [5, 5.41) is 9.70. The van der Waals surface area contributed by atoms with E-state index in [1.165, 1.54) is 0 Å². The van der Waals surface area contributed by atoms with Gasteiger partial charge in [0.2, 0.25) is 0 Å². The van der Waals surface area contributed by atoms with Crippen molar-refractivity contribution < 1.29 is 14.6 Å². The van der Waals surface area contributed by atoms with Crippen LogP contribution in [0, 0.1) is 5.92 Å². The van der Waals surface area contributed by atoms with Crippen LogP contribution in [0.1, 0.15) is 26.2 Å². The highest BCUT2D eigenvalue weighted by molar-refractivity contribution is 5.75. The first kappa shape index (κ1) is 7.10. The molecule has 2 bridgehead atoms. The van der Waals surface area contributed by atoms with E-state index in [9.17, 15) is 9.90 Å². The minimum absolute atomic E-state index is 0.0697. The minimum atomic E-state index is -0.775. The first-order chi connectivity index (χ1) is 5.09. The van der Waals surface area contributed by atoms with E-state index >= 15 is 0 Å². The van der Waals surface area contributed by atoms with Gasteiger partial charge in [0.25, 0.3) is 0 Å². The van der Waals surface area contributed by atoms with Crippen LogP contribution in [0.3, 0.4) is 0 Å². The lowest BCUT2D eigenvalue weighted by atomic mass is 9.80. The predicted octanol–water partition coefficient (Wildman–Crippen LogP) is 0.463. The van der Waals surface area contributed by atoms with E-state index in [2.05, 4.69) is 0 Å². The summed E-state index contributed by atoms with van der Waals surface area (Å²) < 4.78 is 5.01. The van der Waals surface area contributed by atoms with Gasteiger partial charge in [-0.25, -0.2) is 0 Å². The van der Waals surface area contributed by atoms with Crippen LogP contribution in [-0.4, -0.2) is 22.8 Å². The molecule has 11 heavy (non-hydrogen) atoms. The van der Waals surface area contributed by atoms with E-state index in [1.54, 1.807) is 6.92 Å². The fourth-order valence-corrected chi connectivity index (χ4v) is 1.88. The van der Waals surface area contributed by atoms with E-state index < -0.39 is 5.60 Å². The third kappa shape index (κ3) is 0.948. The summed E-state index contributed by atoms with van der Waals surface area (Å²) in [5.41, 5.74) is -0.775. The van der Waals surface area contributed by atoms with Crippen molar-refractivity contribution in [2.75, 3.05) is 0 Å². The van der Waals surface area contributed by atoms with Crippen molar-refractivity contribution in [3.05, 3.63) is 0 Å². The smallest absolute Gasteiger partial charge is 0.309 e. The molecule has 1 heterocycles. The number of ether oxygens (including phenoxy) is 1. The molecule has 1 saturated heterocycles. The van der Waals surface area contributed by atoms with Crippen molar-refractivity contribution in [1.29, 1.82) is 0 Å². The highest BCUT2D eigenvalue weighted by Crippen LogP contribution is 2.39. The minimum Gasteiger partial charge on any atom is -0.459 e. The second-order valence-electron chi connectivity index (χ2n) is 3.75. The van der Waals surface area contributed by atoms with Gasteiger partial charge in [-0.05, 0) is 19.8 Å². The molecule has 2 aliphatic rings. The zero-order valence-electron chi connectivity index (χ0n) is 6.54. The maximum Gasteiger partial charge on any atom is 0.309 e. The van der Waals surface area contributed by atoms with E-state index in [0.717, 1.165) is 6.42 Å². The first-order valence-corrected chi connectivity index (χ1v) is 4.02. The summed E-state index contributed by atoms with van der Waals surface area (Å²) in [5.74, 6) is -0.0481. The highest BCUT2D eigenvalue weighted by Gasteiger charge is 2.48. The fourth-order valence-electron chi connectivity index (χ4n) is 1.88. The van der Waals surface area contributed by atoms with Crippen LogP contribution in [-0.2, 0) is 9.53 Å². The quantitative estimate of drug-likeness (QED) is 0.518. The van der Waals surface area contributed by atoms with Crippen LogP contribution >= 0.6 is 0 Å². The van der Waals surface area contributed by atoms with Crippen molar-refractivity contribution in [1.82, 2.24) is 0 Å². The molecule has 3 unspecified atom stereocenters. The van der Waals surface area contributed by atoms with Gasteiger partial charge in [0.05, 0.1) is 11.5 Å². The van der Waals surface area contributed by atoms with Gasteiger partial charge < -0.3 is 9.84 Å². The van der Waals surface area contributed by atoms with Crippen LogP contribution in [0.25, 0.3) is 0 Å². The van der Waals surface area contributed by atoms with Crippen LogP contribution in [0.15, 0.2) is 0 Å². The summed E-state index contributed by atoms with van der Waals surface area (Å²) in [4.78, 5) is 11.0. The molecular weight excluding hydrogens is 144 g/mol. The normalized spacial score (nSPS) is 49.1. The van der Waals surface area contributed by atoms with Crippen LogP contribution in [0.4, 0.5) is 0 Å². The Hall–Kier alpha value is -0.570. The second kappa shape index (κ2) is 1.97. The Kier molecular flexibility index (Phi) is 1.27. The highest BCUT2D eigenvalue weighted by atomic mass is 16.6. The van der Waals surface area contributed by atoms with Crippen molar-refractivity contribution in [3.8, 4) is 0 Å². The number of rotatable bonds is 0. The molecule has 3 heteroatoms. The molecule has 3 nitrogen and oxygen atoms in total. The summed E-state index contributed by atoms with van der Waals surface area (Å²) in [6.07, 6.45) is 1.94. The van der Waals surface area contributed by atoms with Crippen molar-refractivity contribution in [2.45, 2.75) is 37.9 Å². The first-order valence-electron chi connectivity index (χ1n) is 4.02. The molecule has 1 aliphatic carbocycles. The Bertz CT molecular complexity index is 198. The summed E-state index contributed by atoms with van der Waals surface area (Å²) in [6.45, 7) is 1.74. The summed E-state index contributed by atoms with van der Waals surface area (Å²) in [6, 6.07) is 0. The summed E-state index contributed by atoms with van der Waals surface area (Å²) in [7, 11) is 0. The van der Waals surface area contributed by atoms with Crippen molar-refractivity contribution in [3.63, 3.8) is 0 Å². The van der Waals surface area contributed by atoms with Gasteiger partial charge in [0, 0.05) is 6.42 Å². The third-order valence-electron chi connectivity index (χ3n) is 2.78. The zero-order valence-corrected chi connectivity index (χ0v) is 6.54. The number of esters is 1. The standard InChI is InChI=1S/C8H12O3/c1-8(10)3-2-5-4-6(8)11-7(5)9/h5-6,10H,2-4H2,1H3. The molecule has 0 aromatic heterocycles. The van der Waals surface area contributed by atoms with Gasteiger partial charge in [-0.3, -0.25) is 4.79 Å². The monoisotopic (exact) mass is 156 g/mol. The molecular formula is C8H12O3. The SMILES string of the molecule is CC1(O)CCC2CC1OC2=O. The zero-order chi connectivity index (χ0) is 8.06. The van der Waals surface area contributed by atoms with Gasteiger partial charge >= 0.3 is 5.97 Å². The third-order valence-corrected chi connectivity index (χ3v) is 2.78. The van der Waals surface area contributed by atoms with E-state index in [0.29, 0.717) is 12.8 Å². The Morgan fingerprint density at radius 1 is 1.73 bits per heavy atom. The van der Waals surface area contributed by atoms with E-state index in [-0.39, 0.29) is 18.0 Å². The predicted molar refractivity (Wildman–Crippen MR) is 37.8 cm³/mol. The van der Waals surface area contributed by atoms with Gasteiger partial charge in [0.15, 0.2) is 0 Å². The molecule has 2 rings (SSSR count). The number of hydrogen-bond acceptors (Lipinski definition) is 3. The maximum absolute atomic E-state index is 11.0. The molecule has 0 aromatic rings. The number of hydrogen-bond donors (Lipinski definition) is 1. The number of fused-ring (bicyclic) bond motifs is 2. The molecule has 0 radical (unpaired) electrons. The van der Waals surface area contributed by atoms with Gasteiger partial charge in [-0.1, -0.05) is 0 Å². The maximum atomic E-state index is 11.0. The average Bonchev–Trinajstić information content (AvgIpc) is 2.23. The topological polar surface area (TPSA) is 46.5 Å². The Morgan fingerprint density at radius 2 is 2.45 bits per heavy atom. The van der Waals surface area contributed by atoms with Gasteiger partial charge in [-0.2, -0.15) is 0 Å². The largest absolute Gasteiger partial charge is 0.459 e. The molecule has 2 fully saturated rings. The van der Waals surface area contributed by atoms with Crippen molar-refractivity contribution in [2.24, 2.45) is 5.92 Å². The van der Waals surface area contributed by atoms with E-state index in [4.69, 9.17) is 4.74 Å². The molecule has 1 N–H and O–H groups in total. The van der Waals surface area contributed by atoms with Gasteiger partial charge in [0.1, 0.15) is 6.10 Å². The molecule has 62 valence electrons. The molecule has 1 saturated carbocycles. The number of aliphatic hydroxyl groups is 1. The second-order valence-corrected chi connectivity index (χ2v) is 3.75. The summed E-state index contributed by atoms with van der Waals surface area (Å²) >= 11 is 0. The fraction of sp³-hybridized carbons (Fsp3) is 0.875. The van der Waals surface area contributed by atoms with E-state index in [1.807, 2.05) is 0 Å². The lowest BCUT2D eigenvalue weighted by Gasteiger charge is -2.31. The Labute approximate surface area is 65.4 Å². The Balaban J connectivity index is 2.21. The average molecular weight is 156 g/mol. The van der Waals surface area contributed by atoms with Crippen LogP contribution < -0.4 is 0 Å². The number of carbonyl (C=O) groups is 1. The van der Waals surface area contributed by atoms with Gasteiger partial charge in [-0.15, -0.1) is 0 Å². The van der Waals surface area contributed by atoms with Crippen LogP contribution in [0.2, 0.25) is 0 Å². The van der Waals surface area contributed by atoms with Crippen LogP contribution in [0.5, 0.6) is 0 Å². The Morgan fingerprint density at radius 3 is 3.09 bits per heavy atom.